The third-order valence-corrected chi connectivity index (χ3v) is 4.82. The Morgan fingerprint density at radius 3 is 2.53 bits per heavy atom. The fraction of sp³-hybridized carbons (Fsp3) is 0.455. The summed E-state index contributed by atoms with van der Waals surface area (Å²) in [6.07, 6.45) is 0. The molecule has 1 aromatic carbocycles. The van der Waals surface area contributed by atoms with Crippen LogP contribution in [0.5, 0.6) is 0 Å². The first-order valence-electron chi connectivity index (χ1n) is 5.40. The van der Waals surface area contributed by atoms with Crippen molar-refractivity contribution in [1.82, 2.24) is 9.62 Å². The molecule has 0 aromatic heterocycles. The molecule has 1 aliphatic heterocycles. The average molecular weight is 277 g/mol. The Morgan fingerprint density at radius 1 is 1.29 bits per heavy atom. The van der Waals surface area contributed by atoms with E-state index in [4.69, 9.17) is 0 Å². The normalized spacial score (nSPS) is 21.8. The van der Waals surface area contributed by atoms with Crippen LogP contribution in [0.15, 0.2) is 35.2 Å². The largest absolute Gasteiger partial charge is 0.314 e. The van der Waals surface area contributed by atoms with Crippen molar-refractivity contribution in [2.45, 2.75) is 17.9 Å². The molecule has 0 aliphatic carbocycles. The van der Waals surface area contributed by atoms with E-state index in [0.29, 0.717) is 18.0 Å². The van der Waals surface area contributed by atoms with Crippen LogP contribution in [-0.4, -0.2) is 38.4 Å². The summed E-state index contributed by atoms with van der Waals surface area (Å²) in [7, 11) is -3.32. The lowest BCUT2D eigenvalue weighted by atomic mass is 10.3. The van der Waals surface area contributed by atoms with Crippen LogP contribution in [0.25, 0.3) is 0 Å². The molecule has 1 aromatic rings. The molecule has 0 spiro atoms. The minimum Gasteiger partial charge on any atom is -0.314 e. The maximum Gasteiger partial charge on any atom is 0.243 e. The van der Waals surface area contributed by atoms with Crippen molar-refractivity contribution in [3.05, 3.63) is 30.3 Å². The Balaban J connectivity index is 0.00000144. The highest BCUT2D eigenvalue weighted by molar-refractivity contribution is 7.89. The predicted molar refractivity (Wildman–Crippen MR) is 69.9 cm³/mol. The van der Waals surface area contributed by atoms with Crippen molar-refractivity contribution in [2.24, 2.45) is 0 Å². The van der Waals surface area contributed by atoms with E-state index in [1.54, 1.807) is 28.6 Å². The zero-order valence-electron chi connectivity index (χ0n) is 9.67. The molecule has 4 nitrogen and oxygen atoms in total. The van der Waals surface area contributed by atoms with Gasteiger partial charge in [0.2, 0.25) is 10.0 Å². The fourth-order valence-electron chi connectivity index (χ4n) is 1.91. The highest BCUT2D eigenvalue weighted by Gasteiger charge is 2.30. The standard InChI is InChI=1S/C11H16N2O2S.ClH/c1-10-9-12-7-8-13(10)16(14,15)11-5-3-2-4-6-11;/h2-6,10,12H,7-9H2,1H3;1H/t10-;/m0./s1. The summed E-state index contributed by atoms with van der Waals surface area (Å²) in [5.41, 5.74) is 0. The number of halogens is 1. The summed E-state index contributed by atoms with van der Waals surface area (Å²) >= 11 is 0. The number of benzene rings is 1. The number of hydrogen-bond acceptors (Lipinski definition) is 3. The fourth-order valence-corrected chi connectivity index (χ4v) is 3.56. The molecule has 1 atom stereocenters. The summed E-state index contributed by atoms with van der Waals surface area (Å²) in [6, 6.07) is 8.62. The van der Waals surface area contributed by atoms with Crippen LogP contribution in [0, 0.1) is 0 Å². The van der Waals surface area contributed by atoms with Gasteiger partial charge in [-0.05, 0) is 19.1 Å². The van der Waals surface area contributed by atoms with Crippen molar-refractivity contribution in [2.75, 3.05) is 19.6 Å². The van der Waals surface area contributed by atoms with E-state index in [1.165, 1.54) is 0 Å². The van der Waals surface area contributed by atoms with Crippen LogP contribution in [-0.2, 0) is 10.0 Å². The number of hydrogen-bond donors (Lipinski definition) is 1. The maximum atomic E-state index is 12.3. The zero-order valence-corrected chi connectivity index (χ0v) is 11.3. The van der Waals surface area contributed by atoms with Gasteiger partial charge in [0.15, 0.2) is 0 Å². The summed E-state index contributed by atoms with van der Waals surface area (Å²) < 4.78 is 26.2. The molecule has 0 radical (unpaired) electrons. The van der Waals surface area contributed by atoms with E-state index in [-0.39, 0.29) is 18.4 Å². The van der Waals surface area contributed by atoms with Gasteiger partial charge in [-0.3, -0.25) is 0 Å². The number of nitrogens with zero attached hydrogens (tertiary/aromatic N) is 1. The highest BCUT2D eigenvalue weighted by atomic mass is 35.5. The molecule has 0 amide bonds. The lowest BCUT2D eigenvalue weighted by Crippen LogP contribution is -2.52. The van der Waals surface area contributed by atoms with E-state index in [1.807, 2.05) is 13.0 Å². The SMILES string of the molecule is C[C@H]1CNCCN1S(=O)(=O)c1ccccc1.Cl. The highest BCUT2D eigenvalue weighted by Crippen LogP contribution is 2.18. The lowest BCUT2D eigenvalue weighted by Gasteiger charge is -2.32. The monoisotopic (exact) mass is 276 g/mol. The number of nitrogens with one attached hydrogen (secondary N) is 1. The summed E-state index contributed by atoms with van der Waals surface area (Å²) in [6.45, 7) is 3.90. The quantitative estimate of drug-likeness (QED) is 0.880. The Labute approximate surface area is 108 Å². The van der Waals surface area contributed by atoms with Gasteiger partial charge in [0.05, 0.1) is 4.90 Å². The minimum absolute atomic E-state index is 0. The van der Waals surface area contributed by atoms with Crippen molar-refractivity contribution in [1.29, 1.82) is 0 Å². The van der Waals surface area contributed by atoms with Gasteiger partial charge in [0.25, 0.3) is 0 Å². The van der Waals surface area contributed by atoms with Crippen LogP contribution in [0.3, 0.4) is 0 Å². The van der Waals surface area contributed by atoms with Crippen LogP contribution in [0.4, 0.5) is 0 Å². The summed E-state index contributed by atoms with van der Waals surface area (Å²) in [4.78, 5) is 0.378. The van der Waals surface area contributed by atoms with Gasteiger partial charge >= 0.3 is 0 Å². The van der Waals surface area contributed by atoms with E-state index >= 15 is 0 Å². The van der Waals surface area contributed by atoms with Crippen LogP contribution in [0.2, 0.25) is 0 Å². The lowest BCUT2D eigenvalue weighted by molar-refractivity contribution is 0.284. The third-order valence-electron chi connectivity index (χ3n) is 2.79. The topological polar surface area (TPSA) is 49.4 Å². The predicted octanol–water partition coefficient (Wildman–Crippen LogP) is 1.09. The molecule has 6 heteroatoms. The average Bonchev–Trinajstić information content (AvgIpc) is 2.30. The van der Waals surface area contributed by atoms with Crippen LogP contribution in [0.1, 0.15) is 6.92 Å². The van der Waals surface area contributed by atoms with Gasteiger partial charge in [-0.15, -0.1) is 12.4 Å². The Kier molecular flexibility index (Phi) is 4.94. The zero-order chi connectivity index (χ0) is 11.6. The van der Waals surface area contributed by atoms with E-state index < -0.39 is 10.0 Å². The van der Waals surface area contributed by atoms with Crippen LogP contribution >= 0.6 is 12.4 Å². The first kappa shape index (κ1) is 14.4. The maximum absolute atomic E-state index is 12.3. The molecule has 17 heavy (non-hydrogen) atoms. The number of sulfonamides is 1. The molecule has 0 saturated carbocycles. The Bertz CT molecular complexity index is 450. The van der Waals surface area contributed by atoms with Gasteiger partial charge in [0, 0.05) is 25.7 Å². The second kappa shape index (κ2) is 5.82. The Hall–Kier alpha value is -0.620. The second-order valence-corrected chi connectivity index (χ2v) is 5.87. The molecule has 1 N–H and O–H groups in total. The molecular formula is C11H17ClN2O2S. The second-order valence-electron chi connectivity index (χ2n) is 3.98. The van der Waals surface area contributed by atoms with Crippen molar-refractivity contribution < 1.29 is 8.42 Å². The molecule has 1 aliphatic rings. The molecule has 0 unspecified atom stereocenters. The number of rotatable bonds is 2. The van der Waals surface area contributed by atoms with Crippen molar-refractivity contribution >= 4 is 22.4 Å². The van der Waals surface area contributed by atoms with E-state index in [2.05, 4.69) is 5.32 Å². The van der Waals surface area contributed by atoms with Gasteiger partial charge in [-0.2, -0.15) is 4.31 Å². The van der Waals surface area contributed by atoms with Gasteiger partial charge in [-0.1, -0.05) is 18.2 Å². The smallest absolute Gasteiger partial charge is 0.243 e. The molecule has 0 bridgehead atoms. The van der Waals surface area contributed by atoms with Gasteiger partial charge < -0.3 is 5.32 Å². The molecule has 1 saturated heterocycles. The third kappa shape index (κ3) is 2.98. The van der Waals surface area contributed by atoms with Crippen LogP contribution < -0.4 is 5.32 Å². The molecule has 1 heterocycles. The van der Waals surface area contributed by atoms with Gasteiger partial charge in [-0.25, -0.2) is 8.42 Å². The Morgan fingerprint density at radius 2 is 1.94 bits per heavy atom. The first-order valence-corrected chi connectivity index (χ1v) is 6.84. The first-order chi connectivity index (χ1) is 7.62. The van der Waals surface area contributed by atoms with Crippen molar-refractivity contribution in [3.8, 4) is 0 Å². The number of piperazine rings is 1. The van der Waals surface area contributed by atoms with Gasteiger partial charge in [0.1, 0.15) is 0 Å². The molecule has 1 fully saturated rings. The molecular weight excluding hydrogens is 260 g/mol. The summed E-state index contributed by atoms with van der Waals surface area (Å²) in [5, 5.41) is 3.18. The molecule has 96 valence electrons. The van der Waals surface area contributed by atoms with E-state index in [9.17, 15) is 8.42 Å². The van der Waals surface area contributed by atoms with E-state index in [0.717, 1.165) is 6.54 Å². The van der Waals surface area contributed by atoms with Crippen molar-refractivity contribution in [3.63, 3.8) is 0 Å². The summed E-state index contributed by atoms with van der Waals surface area (Å²) in [5.74, 6) is 0. The minimum atomic E-state index is -3.32. The molecule has 2 rings (SSSR count).